The lowest BCUT2D eigenvalue weighted by molar-refractivity contribution is -0.155. The Balaban J connectivity index is 1.86. The molecule has 0 saturated carbocycles. The van der Waals surface area contributed by atoms with Crippen molar-refractivity contribution in [3.8, 4) is 11.5 Å². The first-order valence-electron chi connectivity index (χ1n) is 12.6. The molecular weight excluding hydrogens is 516 g/mol. The number of benzene rings is 3. The van der Waals surface area contributed by atoms with E-state index in [1.807, 2.05) is 30.3 Å². The summed E-state index contributed by atoms with van der Waals surface area (Å²) in [7, 11) is 3.09. The summed E-state index contributed by atoms with van der Waals surface area (Å²) in [5.74, 6) is 1.17. The van der Waals surface area contributed by atoms with Gasteiger partial charge in [0.05, 0.1) is 26.2 Å². The molecule has 0 unspecified atom stereocenters. The van der Waals surface area contributed by atoms with E-state index >= 15 is 0 Å². The molecule has 0 amide bonds. The third kappa shape index (κ3) is 4.13. The van der Waals surface area contributed by atoms with Gasteiger partial charge >= 0.3 is 5.69 Å². The highest BCUT2D eigenvalue weighted by Crippen LogP contribution is 2.56. The monoisotopic (exact) mass is 546 g/mol. The molecule has 10 heteroatoms. The van der Waals surface area contributed by atoms with Crippen molar-refractivity contribution in [1.29, 1.82) is 0 Å². The maximum absolute atomic E-state index is 12.7. The van der Waals surface area contributed by atoms with Gasteiger partial charge in [0.15, 0.2) is 6.23 Å². The van der Waals surface area contributed by atoms with E-state index in [1.165, 1.54) is 6.20 Å². The Bertz CT molecular complexity index is 1520. The number of aliphatic hydroxyl groups excluding tert-OH is 3. The third-order valence-corrected chi connectivity index (χ3v) is 7.67. The number of aliphatic hydroxyl groups is 3. The second kappa shape index (κ2) is 10.7. The number of methoxy groups -OCH3 is 2. The summed E-state index contributed by atoms with van der Waals surface area (Å²) in [4.78, 5) is 26.6. The Morgan fingerprint density at radius 2 is 1.38 bits per heavy atom. The van der Waals surface area contributed by atoms with E-state index in [-0.39, 0.29) is 0 Å². The van der Waals surface area contributed by atoms with E-state index in [4.69, 9.17) is 14.2 Å². The van der Waals surface area contributed by atoms with Crippen molar-refractivity contribution in [1.82, 2.24) is 9.55 Å². The summed E-state index contributed by atoms with van der Waals surface area (Å²) in [5.41, 5.74) is -2.98. The van der Waals surface area contributed by atoms with Crippen LogP contribution < -0.4 is 20.7 Å². The first-order chi connectivity index (χ1) is 19.3. The van der Waals surface area contributed by atoms with Crippen LogP contribution in [0.15, 0.2) is 101 Å². The van der Waals surface area contributed by atoms with Gasteiger partial charge in [-0.05, 0) is 41.0 Å². The molecule has 4 atom stereocenters. The summed E-state index contributed by atoms with van der Waals surface area (Å²) in [6.45, 7) is -0.757. The van der Waals surface area contributed by atoms with Crippen LogP contribution in [0.4, 0.5) is 0 Å². The lowest BCUT2D eigenvalue weighted by Gasteiger charge is -2.50. The molecule has 1 saturated heterocycles. The minimum absolute atomic E-state index is 0.587. The zero-order valence-electron chi connectivity index (χ0n) is 21.9. The molecule has 4 N–H and O–H groups in total. The first-order valence-corrected chi connectivity index (χ1v) is 12.6. The number of hydrogen-bond donors (Lipinski definition) is 4. The van der Waals surface area contributed by atoms with Gasteiger partial charge in [-0.25, -0.2) is 4.79 Å². The van der Waals surface area contributed by atoms with Crippen LogP contribution in [-0.2, 0) is 10.2 Å². The Labute approximate surface area is 229 Å². The number of aromatic amines is 1. The van der Waals surface area contributed by atoms with Crippen molar-refractivity contribution < 1.29 is 29.5 Å². The van der Waals surface area contributed by atoms with Crippen LogP contribution in [0.3, 0.4) is 0 Å². The van der Waals surface area contributed by atoms with Gasteiger partial charge in [-0.3, -0.25) is 14.3 Å². The number of nitrogens with zero attached hydrogens (tertiary/aromatic N) is 1. The SMILES string of the molecule is COc1ccc(C(c2ccccc2)(c2ccc(OC)cc2)[C@]2(CO)O[C@@H](n3ccc(=O)[nH]c3=O)[C@H](O)[C@@H]2O)cc1. The van der Waals surface area contributed by atoms with Crippen LogP contribution in [0.25, 0.3) is 0 Å². The molecule has 2 heterocycles. The molecule has 40 heavy (non-hydrogen) atoms. The molecule has 3 aromatic carbocycles. The average Bonchev–Trinajstić information content (AvgIpc) is 3.25. The van der Waals surface area contributed by atoms with Gasteiger partial charge in [-0.2, -0.15) is 0 Å². The second-order valence-corrected chi connectivity index (χ2v) is 9.58. The predicted octanol–water partition coefficient (Wildman–Crippen LogP) is 1.57. The zero-order valence-corrected chi connectivity index (χ0v) is 21.9. The Morgan fingerprint density at radius 1 is 0.850 bits per heavy atom. The molecule has 10 nitrogen and oxygen atoms in total. The van der Waals surface area contributed by atoms with E-state index in [1.54, 1.807) is 62.8 Å². The van der Waals surface area contributed by atoms with Gasteiger partial charge in [-0.15, -0.1) is 0 Å². The molecule has 1 fully saturated rings. The maximum atomic E-state index is 12.7. The van der Waals surface area contributed by atoms with Crippen molar-refractivity contribution in [2.75, 3.05) is 20.8 Å². The smallest absolute Gasteiger partial charge is 0.330 e. The summed E-state index contributed by atoms with van der Waals surface area (Å²) >= 11 is 0. The molecule has 4 aromatic rings. The van der Waals surface area contributed by atoms with Crippen LogP contribution in [0, 0.1) is 0 Å². The van der Waals surface area contributed by atoms with Gasteiger partial charge in [0.25, 0.3) is 5.56 Å². The highest BCUT2D eigenvalue weighted by Gasteiger charge is 2.67. The number of nitrogens with one attached hydrogen (secondary N) is 1. The molecule has 5 rings (SSSR count). The van der Waals surface area contributed by atoms with Gasteiger partial charge in [0.2, 0.25) is 0 Å². The van der Waals surface area contributed by atoms with Gasteiger partial charge in [0.1, 0.15) is 29.3 Å². The summed E-state index contributed by atoms with van der Waals surface area (Å²) in [6.07, 6.45) is -3.62. The van der Waals surface area contributed by atoms with E-state index in [2.05, 4.69) is 4.98 Å². The standard InChI is InChI=1S/C30H30N2O8/c1-38-22-12-8-20(9-13-22)30(19-6-4-3-5-7-19,21-10-14-23(39-2)15-11-21)29(18-33)26(36)25(35)27(40-29)32-17-16-24(34)31-28(32)37/h3-17,25-27,33,35-36H,18H2,1-2H3,(H,31,34,37)/t25-,26+,27-,29-/m1/s1. The highest BCUT2D eigenvalue weighted by atomic mass is 16.6. The fourth-order valence-corrected chi connectivity index (χ4v) is 5.80. The largest absolute Gasteiger partial charge is 0.497 e. The fourth-order valence-electron chi connectivity index (χ4n) is 5.80. The van der Waals surface area contributed by atoms with Crippen molar-refractivity contribution in [3.05, 3.63) is 129 Å². The molecule has 0 aliphatic carbocycles. The van der Waals surface area contributed by atoms with Crippen LogP contribution >= 0.6 is 0 Å². The van der Waals surface area contributed by atoms with Crippen LogP contribution in [0.5, 0.6) is 11.5 Å². The Kier molecular flexibility index (Phi) is 7.35. The van der Waals surface area contributed by atoms with Crippen LogP contribution in [-0.4, -0.2) is 63.5 Å². The molecule has 0 radical (unpaired) electrons. The first kappa shape index (κ1) is 27.4. The fraction of sp³-hybridized carbons (Fsp3) is 0.267. The summed E-state index contributed by atoms with van der Waals surface area (Å²) < 4.78 is 18.3. The molecule has 0 bridgehead atoms. The quantitative estimate of drug-likeness (QED) is 0.244. The summed E-state index contributed by atoms with van der Waals surface area (Å²) in [6, 6.07) is 24.5. The van der Waals surface area contributed by atoms with Crippen molar-refractivity contribution >= 4 is 0 Å². The molecule has 1 aromatic heterocycles. The third-order valence-electron chi connectivity index (χ3n) is 7.67. The van der Waals surface area contributed by atoms with E-state index in [0.717, 1.165) is 10.6 Å². The Hall–Kier alpha value is -4.22. The van der Waals surface area contributed by atoms with Crippen molar-refractivity contribution in [2.45, 2.75) is 29.5 Å². The molecular formula is C30H30N2O8. The average molecular weight is 547 g/mol. The van der Waals surface area contributed by atoms with Gasteiger partial charge in [-0.1, -0.05) is 54.6 Å². The topological polar surface area (TPSA) is 143 Å². The lowest BCUT2D eigenvalue weighted by atomic mass is 9.57. The minimum Gasteiger partial charge on any atom is -0.497 e. The normalized spacial score (nSPS) is 22.7. The minimum atomic E-state index is -1.93. The van der Waals surface area contributed by atoms with E-state index in [0.29, 0.717) is 28.2 Å². The number of rotatable bonds is 8. The van der Waals surface area contributed by atoms with E-state index in [9.17, 15) is 24.9 Å². The van der Waals surface area contributed by atoms with Crippen molar-refractivity contribution in [2.24, 2.45) is 0 Å². The molecule has 0 spiro atoms. The molecule has 1 aliphatic heterocycles. The number of aromatic nitrogens is 2. The van der Waals surface area contributed by atoms with Crippen LogP contribution in [0.1, 0.15) is 22.9 Å². The van der Waals surface area contributed by atoms with E-state index < -0.39 is 47.3 Å². The predicted molar refractivity (Wildman–Crippen MR) is 146 cm³/mol. The van der Waals surface area contributed by atoms with Crippen LogP contribution in [0.2, 0.25) is 0 Å². The summed E-state index contributed by atoms with van der Waals surface area (Å²) in [5, 5.41) is 34.4. The maximum Gasteiger partial charge on any atom is 0.330 e. The van der Waals surface area contributed by atoms with Gasteiger partial charge in [0, 0.05) is 12.3 Å². The molecule has 1 aliphatic rings. The van der Waals surface area contributed by atoms with Gasteiger partial charge < -0.3 is 29.5 Å². The highest BCUT2D eigenvalue weighted by molar-refractivity contribution is 5.57. The number of hydrogen-bond acceptors (Lipinski definition) is 8. The lowest BCUT2D eigenvalue weighted by Crippen LogP contribution is -2.62. The Morgan fingerprint density at radius 3 is 1.85 bits per heavy atom. The second-order valence-electron chi connectivity index (χ2n) is 9.58. The number of H-pyrrole nitrogens is 1. The van der Waals surface area contributed by atoms with Crippen molar-refractivity contribution in [3.63, 3.8) is 0 Å². The molecule has 208 valence electrons. The zero-order chi connectivity index (χ0) is 28.5. The number of ether oxygens (including phenoxy) is 3.